The number of rotatable bonds is 16. The molecule has 162 valence electrons. The van der Waals surface area contributed by atoms with Crippen LogP contribution in [-0.4, -0.2) is 22.2 Å². The minimum atomic E-state index is -0.672. The van der Waals surface area contributed by atoms with Gasteiger partial charge in [-0.2, -0.15) is 0 Å². The SMILES string of the molecule is CC=CCCCCCCCC(=O)O.CC=CCCCCCCCC(=O)O.[Ni]. The van der Waals surface area contributed by atoms with Crippen molar-refractivity contribution in [2.75, 3.05) is 0 Å². The molecule has 0 aliphatic heterocycles. The van der Waals surface area contributed by atoms with Crippen molar-refractivity contribution in [3.63, 3.8) is 0 Å². The normalized spacial score (nSPS) is 10.4. The summed E-state index contributed by atoms with van der Waals surface area (Å²) >= 11 is 0. The topological polar surface area (TPSA) is 74.6 Å². The van der Waals surface area contributed by atoms with Gasteiger partial charge in [-0.05, 0) is 52.4 Å². The summed E-state index contributed by atoms with van der Waals surface area (Å²) in [5.74, 6) is -1.34. The van der Waals surface area contributed by atoms with Crippen LogP contribution in [0.25, 0.3) is 0 Å². The maximum atomic E-state index is 10.2. The van der Waals surface area contributed by atoms with E-state index in [9.17, 15) is 9.59 Å². The first-order valence-corrected chi connectivity index (χ1v) is 10.2. The molecule has 4 nitrogen and oxygen atoms in total. The number of hydrogen-bond acceptors (Lipinski definition) is 2. The fraction of sp³-hybridized carbons (Fsp3) is 0.727. The quantitative estimate of drug-likeness (QED) is 0.162. The van der Waals surface area contributed by atoms with E-state index in [1.54, 1.807) is 0 Å². The predicted molar refractivity (Wildman–Crippen MR) is 110 cm³/mol. The van der Waals surface area contributed by atoms with Crippen molar-refractivity contribution >= 4 is 11.9 Å². The average Bonchev–Trinajstić information content (AvgIpc) is 2.60. The van der Waals surface area contributed by atoms with E-state index in [1.165, 1.54) is 38.5 Å². The molecule has 0 bridgehead atoms. The van der Waals surface area contributed by atoms with Gasteiger partial charge in [0, 0.05) is 29.3 Å². The number of carboxylic acids is 2. The van der Waals surface area contributed by atoms with Gasteiger partial charge in [0.1, 0.15) is 0 Å². The van der Waals surface area contributed by atoms with Crippen molar-refractivity contribution in [1.82, 2.24) is 0 Å². The summed E-state index contributed by atoms with van der Waals surface area (Å²) < 4.78 is 0. The smallest absolute Gasteiger partial charge is 0.303 e. The zero-order valence-corrected chi connectivity index (χ0v) is 18.2. The number of hydrogen-bond donors (Lipinski definition) is 2. The molecule has 0 saturated heterocycles. The van der Waals surface area contributed by atoms with E-state index in [-0.39, 0.29) is 16.5 Å². The van der Waals surface area contributed by atoms with Crippen LogP contribution in [0, 0.1) is 0 Å². The number of unbranched alkanes of at least 4 members (excludes halogenated alkanes) is 10. The summed E-state index contributed by atoms with van der Waals surface area (Å²) in [7, 11) is 0. The minimum absolute atomic E-state index is 0. The first-order valence-electron chi connectivity index (χ1n) is 10.2. The zero-order chi connectivity index (χ0) is 19.9. The molecule has 0 rings (SSSR count). The summed E-state index contributed by atoms with van der Waals surface area (Å²) in [6, 6.07) is 0. The molecule has 0 aromatic rings. The van der Waals surface area contributed by atoms with Gasteiger partial charge in [0.25, 0.3) is 0 Å². The van der Waals surface area contributed by atoms with E-state index in [4.69, 9.17) is 10.2 Å². The van der Waals surface area contributed by atoms with E-state index >= 15 is 0 Å². The van der Waals surface area contributed by atoms with Gasteiger partial charge >= 0.3 is 11.9 Å². The Labute approximate surface area is 176 Å². The largest absolute Gasteiger partial charge is 0.481 e. The van der Waals surface area contributed by atoms with Gasteiger partial charge in [-0.15, -0.1) is 0 Å². The van der Waals surface area contributed by atoms with Crippen molar-refractivity contribution in [3.8, 4) is 0 Å². The molecule has 0 saturated carbocycles. The van der Waals surface area contributed by atoms with Crippen molar-refractivity contribution in [2.45, 2.75) is 104 Å². The van der Waals surface area contributed by atoms with Crippen molar-refractivity contribution in [1.29, 1.82) is 0 Å². The Kier molecular flexibility index (Phi) is 30.8. The van der Waals surface area contributed by atoms with Crippen LogP contribution in [0.2, 0.25) is 0 Å². The van der Waals surface area contributed by atoms with Crippen LogP contribution in [0.4, 0.5) is 0 Å². The molecule has 0 aliphatic rings. The molecular weight excluding hydrogens is 387 g/mol. The molecule has 0 heterocycles. The first-order chi connectivity index (χ1) is 12.5. The number of aliphatic carboxylic acids is 2. The van der Waals surface area contributed by atoms with Crippen molar-refractivity contribution < 1.29 is 36.3 Å². The minimum Gasteiger partial charge on any atom is -0.481 e. The van der Waals surface area contributed by atoms with E-state index in [1.807, 2.05) is 13.8 Å². The second-order valence-corrected chi connectivity index (χ2v) is 6.54. The fourth-order valence-electron chi connectivity index (χ4n) is 2.47. The van der Waals surface area contributed by atoms with Gasteiger partial charge in [-0.3, -0.25) is 9.59 Å². The molecule has 0 atom stereocenters. The van der Waals surface area contributed by atoms with Crippen LogP contribution in [0.1, 0.15) is 104 Å². The van der Waals surface area contributed by atoms with Gasteiger partial charge < -0.3 is 10.2 Å². The maximum absolute atomic E-state index is 10.2. The molecular formula is C22H40NiO4. The molecule has 0 spiro atoms. The molecule has 5 heteroatoms. The third kappa shape index (κ3) is 36.6. The Morgan fingerprint density at radius 2 is 0.889 bits per heavy atom. The van der Waals surface area contributed by atoms with Crippen molar-refractivity contribution in [2.24, 2.45) is 0 Å². The van der Waals surface area contributed by atoms with Gasteiger partial charge in [0.15, 0.2) is 0 Å². The average molecular weight is 427 g/mol. The summed E-state index contributed by atoms with van der Waals surface area (Å²) in [5.41, 5.74) is 0. The molecule has 2 N–H and O–H groups in total. The van der Waals surface area contributed by atoms with Crippen LogP contribution in [0.3, 0.4) is 0 Å². The van der Waals surface area contributed by atoms with E-state index in [0.29, 0.717) is 12.8 Å². The summed E-state index contributed by atoms with van der Waals surface area (Å²) in [6.07, 6.45) is 22.5. The molecule has 0 unspecified atom stereocenters. The van der Waals surface area contributed by atoms with Crippen LogP contribution >= 0.6 is 0 Å². The second-order valence-electron chi connectivity index (χ2n) is 6.54. The monoisotopic (exact) mass is 426 g/mol. The van der Waals surface area contributed by atoms with Gasteiger partial charge in [-0.25, -0.2) is 0 Å². The number of allylic oxidation sites excluding steroid dienone is 4. The maximum Gasteiger partial charge on any atom is 0.303 e. The standard InChI is InChI=1S/2C11H20O2.Ni/c2*1-2-3-4-5-6-7-8-9-10-11(12)13;/h2*2-3H,4-10H2,1H3,(H,12,13);. The Balaban J connectivity index is -0.000000411. The molecule has 0 radical (unpaired) electrons. The summed E-state index contributed by atoms with van der Waals surface area (Å²) in [5, 5.41) is 16.8. The predicted octanol–water partition coefficient (Wildman–Crippen LogP) is 6.75. The number of carboxylic acid groups (broad SMARTS) is 2. The first kappa shape index (κ1) is 30.6. The zero-order valence-electron chi connectivity index (χ0n) is 17.2. The van der Waals surface area contributed by atoms with Gasteiger partial charge in [0.2, 0.25) is 0 Å². The molecule has 0 amide bonds. The Bertz CT molecular complexity index is 343. The van der Waals surface area contributed by atoms with E-state index in [0.717, 1.165) is 38.5 Å². The molecule has 0 aromatic heterocycles. The molecule has 27 heavy (non-hydrogen) atoms. The third-order valence-electron chi connectivity index (χ3n) is 3.99. The van der Waals surface area contributed by atoms with Crippen LogP contribution in [0.15, 0.2) is 24.3 Å². The molecule has 0 aliphatic carbocycles. The molecule has 0 aromatic carbocycles. The Morgan fingerprint density at radius 1 is 0.593 bits per heavy atom. The second kappa shape index (κ2) is 27.1. The van der Waals surface area contributed by atoms with Crippen LogP contribution in [0.5, 0.6) is 0 Å². The Morgan fingerprint density at radius 3 is 1.19 bits per heavy atom. The van der Waals surface area contributed by atoms with Gasteiger partial charge in [-0.1, -0.05) is 62.8 Å². The molecule has 0 fully saturated rings. The van der Waals surface area contributed by atoms with Crippen LogP contribution in [-0.2, 0) is 26.1 Å². The van der Waals surface area contributed by atoms with Crippen molar-refractivity contribution in [3.05, 3.63) is 24.3 Å². The fourth-order valence-corrected chi connectivity index (χ4v) is 2.47. The third-order valence-corrected chi connectivity index (χ3v) is 3.99. The van der Waals surface area contributed by atoms with Crippen LogP contribution < -0.4 is 0 Å². The Hall–Kier alpha value is -1.09. The van der Waals surface area contributed by atoms with Gasteiger partial charge in [0.05, 0.1) is 0 Å². The van der Waals surface area contributed by atoms with E-state index in [2.05, 4.69) is 24.3 Å². The summed E-state index contributed by atoms with van der Waals surface area (Å²) in [6.45, 7) is 4.07. The van der Waals surface area contributed by atoms with E-state index < -0.39 is 11.9 Å². The summed E-state index contributed by atoms with van der Waals surface area (Å²) in [4.78, 5) is 20.3. The number of carbonyl (C=O) groups is 2.